The molecule has 6 rings (SSSR count). The number of nitrogens with zero attached hydrogens (tertiary/aromatic N) is 4. The van der Waals surface area contributed by atoms with Crippen LogP contribution in [0.1, 0.15) is 53.5 Å². The van der Waals surface area contributed by atoms with Crippen molar-refractivity contribution in [1.29, 1.82) is 0 Å². The van der Waals surface area contributed by atoms with Gasteiger partial charge in [0, 0.05) is 30.6 Å². The zero-order valence-corrected chi connectivity index (χ0v) is 25.6. The molecule has 0 saturated heterocycles. The quantitative estimate of drug-likeness (QED) is 0.203. The van der Waals surface area contributed by atoms with Gasteiger partial charge in [0.05, 0.1) is 17.7 Å². The van der Waals surface area contributed by atoms with Crippen LogP contribution < -0.4 is 0 Å². The number of hydrogen-bond donors (Lipinski definition) is 1. The third-order valence-electron chi connectivity index (χ3n) is 8.46. The molecule has 1 aliphatic heterocycles. The molecule has 1 amide bonds. The van der Waals surface area contributed by atoms with E-state index in [0.717, 1.165) is 22.4 Å². The van der Waals surface area contributed by atoms with Crippen molar-refractivity contribution >= 4 is 5.91 Å². The number of allylic oxidation sites excluding steroid dienone is 1. The van der Waals surface area contributed by atoms with E-state index in [-0.39, 0.29) is 29.8 Å². The molecule has 1 atom stereocenters. The van der Waals surface area contributed by atoms with E-state index in [0.29, 0.717) is 11.3 Å². The fourth-order valence-corrected chi connectivity index (χ4v) is 6.63. The Morgan fingerprint density at radius 2 is 1.20 bits per heavy atom. The molecule has 0 radical (unpaired) electrons. The molecular formula is C38H38N4O2. The third-order valence-corrected chi connectivity index (χ3v) is 8.46. The Hall–Kier alpha value is -5.10. The highest BCUT2D eigenvalue weighted by molar-refractivity contribution is 5.96. The van der Waals surface area contributed by atoms with Crippen molar-refractivity contribution in [1.82, 2.24) is 19.4 Å². The first-order valence-electron chi connectivity index (χ1n) is 15.0. The van der Waals surface area contributed by atoms with E-state index >= 15 is 0 Å². The summed E-state index contributed by atoms with van der Waals surface area (Å²) in [6.07, 6.45) is 3.82. The highest BCUT2D eigenvalue weighted by Gasteiger charge is 2.46. The molecule has 0 aliphatic carbocycles. The molecular weight excluding hydrogens is 544 g/mol. The molecule has 6 heteroatoms. The van der Waals surface area contributed by atoms with Gasteiger partial charge in [0.25, 0.3) is 5.91 Å². The minimum absolute atomic E-state index is 0.0872. The van der Waals surface area contributed by atoms with Gasteiger partial charge >= 0.3 is 0 Å². The maximum absolute atomic E-state index is 14.0. The van der Waals surface area contributed by atoms with Crippen LogP contribution in [0, 0.1) is 5.41 Å². The summed E-state index contributed by atoms with van der Waals surface area (Å²) in [6.45, 7) is 6.24. The summed E-state index contributed by atoms with van der Waals surface area (Å²) in [5, 5.41) is 11.5. The predicted octanol–water partition coefficient (Wildman–Crippen LogP) is 7.45. The van der Waals surface area contributed by atoms with Crippen molar-refractivity contribution in [3.8, 4) is 0 Å². The molecule has 0 unspecified atom stereocenters. The monoisotopic (exact) mass is 582 g/mol. The molecule has 5 aromatic rings. The molecule has 6 nitrogen and oxygen atoms in total. The van der Waals surface area contributed by atoms with E-state index in [9.17, 15) is 9.90 Å². The number of carbonyl (C=O) groups is 1. The van der Waals surface area contributed by atoms with Gasteiger partial charge < -0.3 is 14.6 Å². The van der Waals surface area contributed by atoms with Crippen LogP contribution in [-0.2, 0) is 12.0 Å². The van der Waals surface area contributed by atoms with E-state index in [1.165, 1.54) is 0 Å². The van der Waals surface area contributed by atoms with Gasteiger partial charge in [-0.25, -0.2) is 4.98 Å². The number of carbonyl (C=O) groups excluding carboxylic acids is 1. The zero-order chi connectivity index (χ0) is 30.9. The van der Waals surface area contributed by atoms with E-state index in [1.54, 1.807) is 9.80 Å². The fourth-order valence-electron chi connectivity index (χ4n) is 6.63. The molecule has 4 aromatic carbocycles. The molecule has 1 aliphatic rings. The average molecular weight is 583 g/mol. The fraction of sp³-hybridized carbons (Fsp3) is 0.211. The number of aromatic nitrogens is 2. The van der Waals surface area contributed by atoms with Gasteiger partial charge in [-0.2, -0.15) is 0 Å². The number of rotatable bonds is 7. The lowest BCUT2D eigenvalue weighted by atomic mass is 9.77. The lowest BCUT2D eigenvalue weighted by Crippen LogP contribution is -2.50. The second kappa shape index (κ2) is 11.5. The summed E-state index contributed by atoms with van der Waals surface area (Å²) in [5.41, 5.74) is 4.10. The van der Waals surface area contributed by atoms with Gasteiger partial charge in [-0.1, -0.05) is 130 Å². The van der Waals surface area contributed by atoms with Crippen LogP contribution in [0.3, 0.4) is 0 Å². The van der Waals surface area contributed by atoms with E-state index in [4.69, 9.17) is 4.98 Å². The van der Waals surface area contributed by atoms with Crippen LogP contribution in [0.25, 0.3) is 0 Å². The van der Waals surface area contributed by atoms with Crippen molar-refractivity contribution in [2.24, 2.45) is 5.41 Å². The Labute approximate surface area is 259 Å². The minimum Gasteiger partial charge on any atom is -0.493 e. The second-order valence-electron chi connectivity index (χ2n) is 12.4. The molecule has 0 saturated carbocycles. The number of amides is 1. The van der Waals surface area contributed by atoms with Gasteiger partial charge in [-0.3, -0.25) is 9.69 Å². The average Bonchev–Trinajstić information content (AvgIpc) is 3.62. The maximum atomic E-state index is 14.0. The summed E-state index contributed by atoms with van der Waals surface area (Å²) in [5.74, 6) is -0.0627. The van der Waals surface area contributed by atoms with Crippen molar-refractivity contribution in [3.05, 3.63) is 173 Å². The zero-order valence-electron chi connectivity index (χ0n) is 25.6. The standard InChI is InChI=1S/C38H38N4O2/c1-37(2,3)36-40(4)35(44)33(42(36)34(43)28-17-9-5-10-18-28)25-32-26-41(27-39-32)38(29-19-11-6-12-20-29,30-21-13-7-14-22-30)31-23-15-8-16-24-31/h5-24,26-27,36,44H,25H2,1-4H3/t36-/m1/s1. The van der Waals surface area contributed by atoms with Gasteiger partial charge in [-0.15, -0.1) is 0 Å². The second-order valence-corrected chi connectivity index (χ2v) is 12.4. The molecule has 2 heterocycles. The number of imidazole rings is 1. The van der Waals surface area contributed by atoms with E-state index < -0.39 is 5.54 Å². The minimum atomic E-state index is -0.703. The summed E-state index contributed by atoms with van der Waals surface area (Å²) >= 11 is 0. The maximum Gasteiger partial charge on any atom is 0.259 e. The Morgan fingerprint density at radius 3 is 1.66 bits per heavy atom. The Balaban J connectivity index is 1.48. The van der Waals surface area contributed by atoms with Crippen LogP contribution >= 0.6 is 0 Å². The van der Waals surface area contributed by atoms with Gasteiger partial charge in [0.1, 0.15) is 11.7 Å². The first kappa shape index (κ1) is 29.0. The summed E-state index contributed by atoms with van der Waals surface area (Å²) in [6, 6.07) is 40.6. The number of benzene rings is 4. The predicted molar refractivity (Wildman–Crippen MR) is 174 cm³/mol. The first-order chi connectivity index (χ1) is 21.2. The van der Waals surface area contributed by atoms with Gasteiger partial charge in [0.15, 0.2) is 0 Å². The molecule has 0 bridgehead atoms. The number of hydrogen-bond acceptors (Lipinski definition) is 4. The summed E-state index contributed by atoms with van der Waals surface area (Å²) < 4.78 is 2.16. The summed E-state index contributed by atoms with van der Waals surface area (Å²) in [7, 11) is 1.84. The van der Waals surface area contributed by atoms with E-state index in [1.807, 2.05) is 68.1 Å². The smallest absolute Gasteiger partial charge is 0.259 e. The van der Waals surface area contributed by atoms with Crippen LogP contribution in [0.5, 0.6) is 0 Å². The largest absolute Gasteiger partial charge is 0.493 e. The molecule has 1 N–H and O–H groups in total. The van der Waals surface area contributed by atoms with Crippen molar-refractivity contribution < 1.29 is 9.90 Å². The van der Waals surface area contributed by atoms with E-state index in [2.05, 4.69) is 98.1 Å². The number of aliphatic hydroxyl groups is 1. The Bertz CT molecular complexity index is 1660. The SMILES string of the molecule is CN1C(O)=C(Cc2cn(C(c3ccccc3)(c3ccccc3)c3ccccc3)cn2)N(C(=O)c2ccccc2)[C@@H]1C(C)(C)C. The number of aliphatic hydroxyl groups excluding tert-OH is 1. The molecule has 0 spiro atoms. The molecule has 44 heavy (non-hydrogen) atoms. The molecule has 1 aromatic heterocycles. The van der Waals surface area contributed by atoms with Crippen molar-refractivity contribution in [2.75, 3.05) is 7.05 Å². The lowest BCUT2D eigenvalue weighted by Gasteiger charge is -2.39. The Kier molecular flexibility index (Phi) is 7.60. The normalized spacial score (nSPS) is 15.6. The highest BCUT2D eigenvalue weighted by atomic mass is 16.3. The molecule has 222 valence electrons. The van der Waals surface area contributed by atoms with Crippen LogP contribution in [0.4, 0.5) is 0 Å². The molecule has 0 fully saturated rings. The first-order valence-corrected chi connectivity index (χ1v) is 15.0. The van der Waals surface area contributed by atoms with Crippen molar-refractivity contribution in [2.45, 2.75) is 38.9 Å². The highest BCUT2D eigenvalue weighted by Crippen LogP contribution is 2.42. The van der Waals surface area contributed by atoms with Crippen molar-refractivity contribution in [3.63, 3.8) is 0 Å². The van der Waals surface area contributed by atoms with Crippen LogP contribution in [0.2, 0.25) is 0 Å². The van der Waals surface area contributed by atoms with Crippen LogP contribution in [-0.4, -0.2) is 43.6 Å². The Morgan fingerprint density at radius 1 is 0.750 bits per heavy atom. The topological polar surface area (TPSA) is 61.6 Å². The van der Waals surface area contributed by atoms with Crippen LogP contribution in [0.15, 0.2) is 145 Å². The third kappa shape index (κ3) is 4.96. The lowest BCUT2D eigenvalue weighted by molar-refractivity contribution is 0.0302. The van der Waals surface area contributed by atoms with Gasteiger partial charge in [-0.05, 0) is 28.8 Å². The summed E-state index contributed by atoms with van der Waals surface area (Å²) in [4.78, 5) is 22.5. The van der Waals surface area contributed by atoms with Gasteiger partial charge in [0.2, 0.25) is 5.88 Å².